The normalized spacial score (nSPS) is 10.2. The monoisotopic (exact) mass is 320 g/mol. The molecule has 3 N–H and O–H groups in total. The molecule has 6 heteroatoms. The highest BCUT2D eigenvalue weighted by molar-refractivity contribution is 9.10. The SMILES string of the molecule is Cc1cccc(CNC(=O)c2cc(Br)cnc2N)n1. The molecule has 98 valence electrons. The molecule has 2 rings (SSSR count). The van der Waals surface area contributed by atoms with Crippen molar-refractivity contribution in [3.05, 3.63) is 51.9 Å². The van der Waals surface area contributed by atoms with Gasteiger partial charge in [-0.25, -0.2) is 4.98 Å². The van der Waals surface area contributed by atoms with Gasteiger partial charge >= 0.3 is 0 Å². The molecule has 0 aliphatic carbocycles. The number of aromatic nitrogens is 2. The van der Waals surface area contributed by atoms with Gasteiger partial charge in [-0.2, -0.15) is 0 Å². The largest absolute Gasteiger partial charge is 0.383 e. The lowest BCUT2D eigenvalue weighted by Gasteiger charge is -2.07. The van der Waals surface area contributed by atoms with Crippen LogP contribution in [0.2, 0.25) is 0 Å². The van der Waals surface area contributed by atoms with E-state index in [9.17, 15) is 4.79 Å². The summed E-state index contributed by atoms with van der Waals surface area (Å²) in [5.41, 5.74) is 7.74. The second-order valence-corrected chi connectivity index (χ2v) is 4.95. The van der Waals surface area contributed by atoms with Gasteiger partial charge < -0.3 is 11.1 Å². The summed E-state index contributed by atoms with van der Waals surface area (Å²) in [5, 5.41) is 2.77. The Morgan fingerprint density at radius 2 is 2.26 bits per heavy atom. The highest BCUT2D eigenvalue weighted by Gasteiger charge is 2.11. The molecular formula is C13H13BrN4O. The summed E-state index contributed by atoms with van der Waals surface area (Å²) >= 11 is 3.26. The summed E-state index contributed by atoms with van der Waals surface area (Å²) in [6, 6.07) is 7.30. The zero-order chi connectivity index (χ0) is 13.8. The minimum atomic E-state index is -0.269. The molecule has 0 saturated heterocycles. The predicted molar refractivity (Wildman–Crippen MR) is 76.5 cm³/mol. The van der Waals surface area contributed by atoms with Crippen LogP contribution in [0.3, 0.4) is 0 Å². The van der Waals surface area contributed by atoms with Gasteiger partial charge in [-0.15, -0.1) is 0 Å². The van der Waals surface area contributed by atoms with Crippen molar-refractivity contribution in [2.75, 3.05) is 5.73 Å². The van der Waals surface area contributed by atoms with Gasteiger partial charge in [-0.05, 0) is 41.1 Å². The third-order valence-corrected chi connectivity index (χ3v) is 2.94. The Balaban J connectivity index is 2.07. The van der Waals surface area contributed by atoms with E-state index in [0.717, 1.165) is 11.4 Å². The van der Waals surface area contributed by atoms with Crippen molar-refractivity contribution in [1.29, 1.82) is 0 Å². The molecule has 2 aromatic rings. The smallest absolute Gasteiger partial charge is 0.255 e. The van der Waals surface area contributed by atoms with Gasteiger partial charge in [-0.3, -0.25) is 9.78 Å². The van der Waals surface area contributed by atoms with E-state index in [2.05, 4.69) is 31.2 Å². The van der Waals surface area contributed by atoms with Gasteiger partial charge in [0.15, 0.2) is 0 Å². The fourth-order valence-electron chi connectivity index (χ4n) is 1.60. The third kappa shape index (κ3) is 3.51. The fraction of sp³-hybridized carbons (Fsp3) is 0.154. The zero-order valence-corrected chi connectivity index (χ0v) is 11.9. The molecule has 1 amide bonds. The van der Waals surface area contributed by atoms with E-state index in [1.54, 1.807) is 12.3 Å². The third-order valence-electron chi connectivity index (χ3n) is 2.51. The first kappa shape index (κ1) is 13.5. The maximum atomic E-state index is 12.0. The number of hydrogen-bond acceptors (Lipinski definition) is 4. The Morgan fingerprint density at radius 1 is 1.47 bits per heavy atom. The van der Waals surface area contributed by atoms with Crippen molar-refractivity contribution < 1.29 is 4.79 Å². The molecule has 0 atom stereocenters. The molecule has 0 bridgehead atoms. The van der Waals surface area contributed by atoms with Crippen LogP contribution in [-0.2, 0) is 6.54 Å². The Hall–Kier alpha value is -1.95. The van der Waals surface area contributed by atoms with E-state index in [1.807, 2.05) is 25.1 Å². The van der Waals surface area contributed by atoms with Gasteiger partial charge in [0.1, 0.15) is 5.82 Å². The number of aryl methyl sites for hydroxylation is 1. The first-order chi connectivity index (χ1) is 9.06. The van der Waals surface area contributed by atoms with Crippen LogP contribution in [0.5, 0.6) is 0 Å². The summed E-state index contributed by atoms with van der Waals surface area (Å²) in [6.45, 7) is 2.26. The molecule has 0 spiro atoms. The zero-order valence-electron chi connectivity index (χ0n) is 10.4. The van der Waals surface area contributed by atoms with Crippen molar-refractivity contribution in [2.24, 2.45) is 0 Å². The maximum absolute atomic E-state index is 12.0. The molecule has 2 heterocycles. The fourth-order valence-corrected chi connectivity index (χ4v) is 1.93. The van der Waals surface area contributed by atoms with E-state index >= 15 is 0 Å². The number of carbonyl (C=O) groups excluding carboxylic acids is 1. The van der Waals surface area contributed by atoms with Gasteiger partial charge in [0.2, 0.25) is 0 Å². The van der Waals surface area contributed by atoms with E-state index in [-0.39, 0.29) is 11.7 Å². The number of hydrogen-bond donors (Lipinski definition) is 2. The average Bonchev–Trinajstić information content (AvgIpc) is 2.39. The number of nitrogens with one attached hydrogen (secondary N) is 1. The topological polar surface area (TPSA) is 80.9 Å². The number of carbonyl (C=O) groups is 1. The minimum absolute atomic E-state index is 0.206. The van der Waals surface area contributed by atoms with E-state index in [0.29, 0.717) is 16.6 Å². The van der Waals surface area contributed by atoms with Crippen molar-refractivity contribution in [3.8, 4) is 0 Å². The van der Waals surface area contributed by atoms with Gasteiger partial charge in [0.25, 0.3) is 5.91 Å². The number of nitrogens with two attached hydrogens (primary N) is 1. The quantitative estimate of drug-likeness (QED) is 0.907. The Kier molecular flexibility index (Phi) is 4.11. The first-order valence-corrected chi connectivity index (χ1v) is 6.47. The lowest BCUT2D eigenvalue weighted by molar-refractivity contribution is 0.0951. The molecule has 0 aliphatic rings. The van der Waals surface area contributed by atoms with Crippen LogP contribution in [0.15, 0.2) is 34.9 Å². The minimum Gasteiger partial charge on any atom is -0.383 e. The standard InChI is InChI=1S/C13H13BrN4O/c1-8-3-2-4-10(18-8)7-17-13(19)11-5-9(14)6-16-12(11)15/h2-6H,7H2,1H3,(H2,15,16)(H,17,19). The molecule has 19 heavy (non-hydrogen) atoms. The summed E-state index contributed by atoms with van der Waals surface area (Å²) in [7, 11) is 0. The number of rotatable bonds is 3. The first-order valence-electron chi connectivity index (χ1n) is 5.68. The molecule has 0 saturated carbocycles. The van der Waals surface area contributed by atoms with Crippen LogP contribution >= 0.6 is 15.9 Å². The number of amides is 1. The molecule has 0 radical (unpaired) electrons. The molecule has 5 nitrogen and oxygen atoms in total. The molecule has 0 aromatic carbocycles. The number of anilines is 1. The summed E-state index contributed by atoms with van der Waals surface area (Å²) in [5.74, 6) is -0.0625. The number of nitrogen functional groups attached to an aromatic ring is 1. The Morgan fingerprint density at radius 3 is 3.00 bits per heavy atom. The van der Waals surface area contributed by atoms with Crippen LogP contribution in [-0.4, -0.2) is 15.9 Å². The predicted octanol–water partition coefficient (Wildman–Crippen LogP) is 2.06. The maximum Gasteiger partial charge on any atom is 0.255 e. The number of pyridine rings is 2. The molecule has 0 unspecified atom stereocenters. The molecular weight excluding hydrogens is 308 g/mol. The van der Waals surface area contributed by atoms with Crippen molar-refractivity contribution in [3.63, 3.8) is 0 Å². The van der Waals surface area contributed by atoms with Crippen molar-refractivity contribution in [2.45, 2.75) is 13.5 Å². The summed E-state index contributed by atoms with van der Waals surface area (Å²) in [4.78, 5) is 20.2. The highest BCUT2D eigenvalue weighted by Crippen LogP contribution is 2.15. The van der Waals surface area contributed by atoms with Crippen LogP contribution in [0, 0.1) is 6.92 Å². The van der Waals surface area contributed by atoms with Crippen LogP contribution in [0.25, 0.3) is 0 Å². The molecule has 0 aliphatic heterocycles. The van der Waals surface area contributed by atoms with Crippen LogP contribution < -0.4 is 11.1 Å². The average molecular weight is 321 g/mol. The number of nitrogens with zero attached hydrogens (tertiary/aromatic N) is 2. The van der Waals surface area contributed by atoms with E-state index < -0.39 is 0 Å². The lowest BCUT2D eigenvalue weighted by atomic mass is 10.2. The summed E-state index contributed by atoms with van der Waals surface area (Å²) in [6.07, 6.45) is 1.55. The van der Waals surface area contributed by atoms with Crippen LogP contribution in [0.4, 0.5) is 5.82 Å². The van der Waals surface area contributed by atoms with Gasteiger partial charge in [0.05, 0.1) is 17.8 Å². The van der Waals surface area contributed by atoms with Gasteiger partial charge in [-0.1, -0.05) is 6.07 Å². The highest BCUT2D eigenvalue weighted by atomic mass is 79.9. The summed E-state index contributed by atoms with van der Waals surface area (Å²) < 4.78 is 0.709. The lowest BCUT2D eigenvalue weighted by Crippen LogP contribution is -2.24. The Bertz CT molecular complexity index is 615. The second-order valence-electron chi connectivity index (χ2n) is 4.04. The molecule has 2 aromatic heterocycles. The van der Waals surface area contributed by atoms with E-state index in [1.165, 1.54) is 0 Å². The van der Waals surface area contributed by atoms with Gasteiger partial charge in [0, 0.05) is 16.4 Å². The van der Waals surface area contributed by atoms with Crippen molar-refractivity contribution in [1.82, 2.24) is 15.3 Å². The van der Waals surface area contributed by atoms with Crippen molar-refractivity contribution >= 4 is 27.7 Å². The van der Waals surface area contributed by atoms with Crippen LogP contribution in [0.1, 0.15) is 21.7 Å². The van der Waals surface area contributed by atoms with E-state index in [4.69, 9.17) is 5.73 Å². The second kappa shape index (κ2) is 5.79. The number of halogens is 1. The Labute approximate surface area is 119 Å². The molecule has 0 fully saturated rings.